The van der Waals surface area contributed by atoms with E-state index in [1.807, 2.05) is 11.3 Å². The Kier molecular flexibility index (Phi) is 9.06. The van der Waals surface area contributed by atoms with Gasteiger partial charge in [0.1, 0.15) is 11.2 Å². The minimum Gasteiger partial charge on any atom is -0.455 e. The maximum absolute atomic E-state index is 7.02. The number of hydrogen-bond acceptors (Lipinski definition) is 3. The number of rotatable bonds is 8. The van der Waals surface area contributed by atoms with Crippen LogP contribution >= 0.6 is 11.3 Å². The summed E-state index contributed by atoms with van der Waals surface area (Å²) in [5.41, 5.74) is 16.6. The molecule has 0 aliphatic carbocycles. The van der Waals surface area contributed by atoms with Crippen molar-refractivity contribution in [1.82, 2.24) is 0 Å². The first kappa shape index (κ1) is 36.8. The van der Waals surface area contributed by atoms with E-state index in [1.54, 1.807) is 0 Å². The Bertz CT molecular complexity index is 3570. The molecule has 10 aromatic carbocycles. The molecule has 0 radical (unpaired) electrons. The standard InChI is InChI=1S/C60H39NOS/c1-5-13-40(14-6-1)43-21-23-44(24-22-43)45-25-29-49(30-26-45)61(50-31-36-57-54(39-50)52-32-27-48(38-58(52)63-57)42-17-9-3-10-18-42)55-35-34-51(46-19-11-4-12-20-46)60-59(55)53-33-28-47(37-56(53)62-60)41-15-7-2-8-16-41/h1-39H. The Morgan fingerprint density at radius 1 is 0.317 bits per heavy atom. The first-order chi connectivity index (χ1) is 31.2. The van der Waals surface area contributed by atoms with Crippen LogP contribution in [0.25, 0.3) is 97.7 Å². The Morgan fingerprint density at radius 3 is 1.40 bits per heavy atom. The highest BCUT2D eigenvalue weighted by atomic mass is 32.1. The van der Waals surface area contributed by atoms with Crippen LogP contribution in [0.3, 0.4) is 0 Å². The van der Waals surface area contributed by atoms with Gasteiger partial charge < -0.3 is 9.32 Å². The van der Waals surface area contributed by atoms with Crippen molar-refractivity contribution >= 4 is 70.5 Å². The largest absolute Gasteiger partial charge is 0.455 e. The lowest BCUT2D eigenvalue weighted by atomic mass is 9.98. The van der Waals surface area contributed by atoms with Gasteiger partial charge in [0.2, 0.25) is 0 Å². The third-order valence-electron chi connectivity index (χ3n) is 12.3. The zero-order valence-corrected chi connectivity index (χ0v) is 35.1. The molecule has 0 aliphatic heterocycles. The van der Waals surface area contributed by atoms with E-state index in [0.717, 1.165) is 61.3 Å². The van der Waals surface area contributed by atoms with E-state index in [9.17, 15) is 0 Å². The molecule has 12 aromatic rings. The molecule has 0 saturated carbocycles. The van der Waals surface area contributed by atoms with Gasteiger partial charge in [0.15, 0.2) is 0 Å². The van der Waals surface area contributed by atoms with E-state index in [0.29, 0.717) is 0 Å². The van der Waals surface area contributed by atoms with Gasteiger partial charge in [-0.2, -0.15) is 0 Å². The number of anilines is 3. The molecule has 0 saturated heterocycles. The smallest absolute Gasteiger partial charge is 0.145 e. The molecule has 0 aliphatic rings. The van der Waals surface area contributed by atoms with Crippen LogP contribution in [0.4, 0.5) is 17.1 Å². The third-order valence-corrected chi connectivity index (χ3v) is 13.4. The molecule has 0 N–H and O–H groups in total. The molecular weight excluding hydrogens is 783 g/mol. The summed E-state index contributed by atoms with van der Waals surface area (Å²) >= 11 is 1.85. The second kappa shape index (κ2) is 15.5. The molecule has 0 fully saturated rings. The molecule has 0 atom stereocenters. The zero-order valence-electron chi connectivity index (χ0n) is 34.3. The highest BCUT2D eigenvalue weighted by Gasteiger charge is 2.23. The van der Waals surface area contributed by atoms with Crippen molar-refractivity contribution in [3.8, 4) is 55.6 Å². The van der Waals surface area contributed by atoms with E-state index in [1.165, 1.54) is 53.6 Å². The van der Waals surface area contributed by atoms with Gasteiger partial charge in [-0.25, -0.2) is 0 Å². The summed E-state index contributed by atoms with van der Waals surface area (Å²) in [7, 11) is 0. The first-order valence-corrected chi connectivity index (χ1v) is 22.2. The normalized spacial score (nSPS) is 11.5. The van der Waals surface area contributed by atoms with Gasteiger partial charge in [-0.3, -0.25) is 0 Å². The topological polar surface area (TPSA) is 16.4 Å². The van der Waals surface area contributed by atoms with Crippen molar-refractivity contribution < 1.29 is 4.42 Å². The van der Waals surface area contributed by atoms with Gasteiger partial charge in [0.05, 0.1) is 11.1 Å². The van der Waals surface area contributed by atoms with Crippen LogP contribution in [0.2, 0.25) is 0 Å². The fourth-order valence-electron chi connectivity index (χ4n) is 9.13. The van der Waals surface area contributed by atoms with Crippen LogP contribution in [0.5, 0.6) is 0 Å². The van der Waals surface area contributed by atoms with Crippen molar-refractivity contribution in [2.45, 2.75) is 0 Å². The van der Waals surface area contributed by atoms with Crippen LogP contribution in [0, 0.1) is 0 Å². The third kappa shape index (κ3) is 6.67. The van der Waals surface area contributed by atoms with Gasteiger partial charge in [-0.15, -0.1) is 11.3 Å². The lowest BCUT2D eigenvalue weighted by Crippen LogP contribution is -2.10. The summed E-state index contributed by atoms with van der Waals surface area (Å²) in [6.45, 7) is 0. The molecule has 63 heavy (non-hydrogen) atoms. The monoisotopic (exact) mass is 821 g/mol. The fourth-order valence-corrected chi connectivity index (χ4v) is 10.3. The molecule has 2 nitrogen and oxygen atoms in total. The number of thiophene rings is 1. The molecule has 3 heteroatoms. The summed E-state index contributed by atoms with van der Waals surface area (Å²) in [6.07, 6.45) is 0. The van der Waals surface area contributed by atoms with E-state index in [4.69, 9.17) is 4.42 Å². The van der Waals surface area contributed by atoms with E-state index < -0.39 is 0 Å². The van der Waals surface area contributed by atoms with Crippen LogP contribution < -0.4 is 4.90 Å². The highest BCUT2D eigenvalue weighted by Crippen LogP contribution is 2.48. The highest BCUT2D eigenvalue weighted by molar-refractivity contribution is 7.25. The van der Waals surface area contributed by atoms with Crippen molar-refractivity contribution in [2.24, 2.45) is 0 Å². The fraction of sp³-hybridized carbons (Fsp3) is 0. The second-order valence-corrected chi connectivity index (χ2v) is 17.2. The molecule has 0 bridgehead atoms. The number of benzene rings is 10. The average molecular weight is 822 g/mol. The Hall–Kier alpha value is -7.98. The van der Waals surface area contributed by atoms with Crippen molar-refractivity contribution in [1.29, 1.82) is 0 Å². The summed E-state index contributed by atoms with van der Waals surface area (Å²) < 4.78 is 9.56. The maximum Gasteiger partial charge on any atom is 0.145 e. The Labute approximate surface area is 370 Å². The minimum atomic E-state index is 0.860. The van der Waals surface area contributed by atoms with Crippen molar-refractivity contribution in [3.63, 3.8) is 0 Å². The predicted molar refractivity (Wildman–Crippen MR) is 268 cm³/mol. The lowest BCUT2D eigenvalue weighted by molar-refractivity contribution is 0.670. The van der Waals surface area contributed by atoms with Gasteiger partial charge in [-0.1, -0.05) is 176 Å². The number of nitrogens with zero attached hydrogens (tertiary/aromatic N) is 1. The lowest BCUT2D eigenvalue weighted by Gasteiger charge is -2.27. The van der Waals surface area contributed by atoms with Crippen molar-refractivity contribution in [3.05, 3.63) is 237 Å². The van der Waals surface area contributed by atoms with Gasteiger partial charge in [0, 0.05) is 42.5 Å². The minimum absolute atomic E-state index is 0.860. The summed E-state index contributed by atoms with van der Waals surface area (Å²) in [6, 6.07) is 85.2. The van der Waals surface area contributed by atoms with E-state index in [2.05, 4.69) is 241 Å². The molecule has 0 amide bonds. The summed E-state index contributed by atoms with van der Waals surface area (Å²) in [5.74, 6) is 0. The molecule has 0 unspecified atom stereocenters. The molecule has 12 rings (SSSR count). The van der Waals surface area contributed by atoms with Gasteiger partial charge in [-0.05, 0) is 111 Å². The first-order valence-electron chi connectivity index (χ1n) is 21.4. The van der Waals surface area contributed by atoms with Gasteiger partial charge in [0.25, 0.3) is 0 Å². The summed E-state index contributed by atoms with van der Waals surface area (Å²) in [5, 5.41) is 4.66. The molecule has 2 heterocycles. The molecule has 2 aromatic heterocycles. The number of furan rings is 1. The second-order valence-electron chi connectivity index (χ2n) is 16.1. The predicted octanol–water partition coefficient (Wildman–Crippen LogP) is 17.8. The van der Waals surface area contributed by atoms with Crippen LogP contribution in [-0.4, -0.2) is 0 Å². The van der Waals surface area contributed by atoms with Crippen LogP contribution in [0.15, 0.2) is 241 Å². The molecule has 0 spiro atoms. The van der Waals surface area contributed by atoms with Crippen LogP contribution in [0.1, 0.15) is 0 Å². The Balaban J connectivity index is 1.05. The van der Waals surface area contributed by atoms with Gasteiger partial charge >= 0.3 is 0 Å². The molecular formula is C60H39NOS. The number of hydrogen-bond donors (Lipinski definition) is 0. The van der Waals surface area contributed by atoms with E-state index >= 15 is 0 Å². The Morgan fingerprint density at radius 2 is 0.794 bits per heavy atom. The zero-order chi connectivity index (χ0) is 41.7. The summed E-state index contributed by atoms with van der Waals surface area (Å²) in [4.78, 5) is 2.42. The van der Waals surface area contributed by atoms with Crippen LogP contribution in [-0.2, 0) is 0 Å². The van der Waals surface area contributed by atoms with Crippen molar-refractivity contribution in [2.75, 3.05) is 4.90 Å². The quantitative estimate of drug-likeness (QED) is 0.152. The molecule has 296 valence electrons. The SMILES string of the molecule is c1ccc(-c2ccc(-c3ccc(N(c4ccc5sc6cc(-c7ccccc7)ccc6c5c4)c4ccc(-c5ccccc5)c5oc6cc(-c7ccccc7)ccc6c45)cc3)cc2)cc1. The average Bonchev–Trinajstić information content (AvgIpc) is 3.93. The maximum atomic E-state index is 7.02. The van der Waals surface area contributed by atoms with E-state index in [-0.39, 0.29) is 0 Å². The number of fused-ring (bicyclic) bond motifs is 6.